The van der Waals surface area contributed by atoms with Crippen LogP contribution in [0, 0.1) is 0 Å². The summed E-state index contributed by atoms with van der Waals surface area (Å²) in [5, 5.41) is 14.9. The highest BCUT2D eigenvalue weighted by atomic mass is 79.9. The molecule has 0 saturated carbocycles. The van der Waals surface area contributed by atoms with Crippen molar-refractivity contribution in [1.82, 2.24) is 5.01 Å². The van der Waals surface area contributed by atoms with E-state index in [4.69, 9.17) is 34.3 Å². The van der Waals surface area contributed by atoms with E-state index >= 15 is 0 Å². The molecule has 0 amide bonds. The van der Waals surface area contributed by atoms with Gasteiger partial charge in [0.25, 0.3) is 10.0 Å². The number of hydrogen-bond donors (Lipinski definition) is 3. The van der Waals surface area contributed by atoms with Crippen molar-refractivity contribution in [2.24, 2.45) is 5.73 Å². The summed E-state index contributed by atoms with van der Waals surface area (Å²) in [5.74, 6) is -0.570. The molecule has 0 aromatic heterocycles. The van der Waals surface area contributed by atoms with Gasteiger partial charge in [0, 0.05) is 18.1 Å². The van der Waals surface area contributed by atoms with E-state index in [9.17, 15) is 13.5 Å². The number of nitrogens with one attached hydrogen (secondary N) is 1. The van der Waals surface area contributed by atoms with E-state index in [-0.39, 0.29) is 21.9 Å². The van der Waals surface area contributed by atoms with Gasteiger partial charge < -0.3 is 20.9 Å². The first-order valence-electron chi connectivity index (χ1n) is 9.31. The normalized spacial score (nSPS) is 16.9. The number of phenolic OH excluding ortho intramolecular Hbond substituents is 1. The number of rotatable bonds is 7. The molecule has 0 radical (unpaired) electrons. The molecule has 12 heteroatoms. The molecule has 3 rings (SSSR count). The molecule has 0 spiro atoms. The first-order chi connectivity index (χ1) is 14.7. The predicted octanol–water partition coefficient (Wildman–Crippen LogP) is 3.68. The Morgan fingerprint density at radius 3 is 2.77 bits per heavy atom. The maximum Gasteiger partial charge on any atom is 0.283 e. The smallest absolute Gasteiger partial charge is 0.283 e. The van der Waals surface area contributed by atoms with Crippen LogP contribution in [0.2, 0.25) is 5.02 Å². The largest absolute Gasteiger partial charge is 0.504 e. The molecule has 0 bridgehead atoms. The number of ether oxygens (including phenoxy) is 1. The summed E-state index contributed by atoms with van der Waals surface area (Å²) in [6, 6.07) is 9.52. The molecule has 1 heterocycles. The molecule has 8 nitrogen and oxygen atoms in total. The minimum Gasteiger partial charge on any atom is -0.504 e. The molecule has 0 unspecified atom stereocenters. The maximum absolute atomic E-state index is 14.0. The third-order valence-electron chi connectivity index (χ3n) is 4.82. The van der Waals surface area contributed by atoms with E-state index in [0.29, 0.717) is 23.3 Å². The third-order valence-corrected chi connectivity index (χ3v) is 7.81. The van der Waals surface area contributed by atoms with Gasteiger partial charge in [0.05, 0.1) is 29.0 Å². The number of anilines is 2. The van der Waals surface area contributed by atoms with Gasteiger partial charge in [0.15, 0.2) is 15.8 Å². The van der Waals surface area contributed by atoms with Crippen molar-refractivity contribution in [3.8, 4) is 5.75 Å². The van der Waals surface area contributed by atoms with Crippen molar-refractivity contribution in [3.05, 3.63) is 45.9 Å². The lowest BCUT2D eigenvalue weighted by atomic mass is 10.2. The monoisotopic (exact) mass is 548 g/mol. The van der Waals surface area contributed by atoms with Crippen LogP contribution in [0.15, 0.2) is 45.8 Å². The van der Waals surface area contributed by atoms with Crippen LogP contribution in [0.1, 0.15) is 12.8 Å². The molecule has 1 fully saturated rings. The Hall–Kier alpha value is -1.63. The second-order valence-corrected chi connectivity index (χ2v) is 10.3. The number of thiocarbonyl (C=S) groups is 1. The van der Waals surface area contributed by atoms with E-state index in [2.05, 4.69) is 21.2 Å². The second kappa shape index (κ2) is 9.88. The fraction of sp³-hybridized carbons (Fsp3) is 0.316. The first-order valence-corrected chi connectivity index (χ1v) is 12.3. The SMILES string of the molecule is COC[C@H]1CCCN1N(c1ccccc1Br)S(=O)(=O)c1c(Cl)ccc(NC(N)=S)c1O. The van der Waals surface area contributed by atoms with Crippen LogP contribution in [0.5, 0.6) is 5.75 Å². The summed E-state index contributed by atoms with van der Waals surface area (Å²) in [7, 11) is -2.79. The van der Waals surface area contributed by atoms with Gasteiger partial charge in [-0.05, 0) is 65.3 Å². The summed E-state index contributed by atoms with van der Waals surface area (Å²) in [4.78, 5) is -0.450. The van der Waals surface area contributed by atoms with E-state index in [1.165, 1.54) is 16.5 Å². The molecule has 2 aromatic rings. The quantitative estimate of drug-likeness (QED) is 0.355. The Morgan fingerprint density at radius 1 is 1.42 bits per heavy atom. The average molecular weight is 550 g/mol. The zero-order valence-corrected chi connectivity index (χ0v) is 20.6. The molecular formula is C19H22BrClN4O4S2. The number of methoxy groups -OCH3 is 1. The third kappa shape index (κ3) is 4.91. The van der Waals surface area contributed by atoms with E-state index < -0.39 is 20.7 Å². The van der Waals surface area contributed by atoms with Gasteiger partial charge >= 0.3 is 0 Å². The van der Waals surface area contributed by atoms with Crippen LogP contribution in [-0.4, -0.2) is 49.9 Å². The van der Waals surface area contributed by atoms with Crippen molar-refractivity contribution in [3.63, 3.8) is 0 Å². The molecule has 4 N–H and O–H groups in total. The molecule has 31 heavy (non-hydrogen) atoms. The topological polar surface area (TPSA) is 108 Å². The number of hydrogen-bond acceptors (Lipinski definition) is 6. The standard InChI is InChI=1S/C19H22BrClN4O4S2/c1-29-11-12-5-4-10-24(12)25(16-7-3-2-6-13(16)20)31(27,28)18-14(21)8-9-15(17(18)26)23-19(22)30/h2-3,6-9,12,26H,4-5,10-11H2,1H3,(H3,22,23,30)/t12-/m1/s1. The molecule has 1 aliphatic heterocycles. The molecule has 1 atom stereocenters. The summed E-state index contributed by atoms with van der Waals surface area (Å²) in [5.41, 5.74) is 5.92. The summed E-state index contributed by atoms with van der Waals surface area (Å²) in [6.45, 7) is 0.830. The lowest BCUT2D eigenvalue weighted by molar-refractivity contribution is 0.119. The van der Waals surface area contributed by atoms with Crippen molar-refractivity contribution in [2.45, 2.75) is 23.8 Å². The van der Waals surface area contributed by atoms with Gasteiger partial charge in [-0.25, -0.2) is 5.01 Å². The Morgan fingerprint density at radius 2 is 2.13 bits per heavy atom. The molecule has 1 aliphatic rings. The zero-order chi connectivity index (χ0) is 22.8. The minimum atomic E-state index is -4.36. The minimum absolute atomic E-state index is 0.0393. The summed E-state index contributed by atoms with van der Waals surface area (Å²) in [6.07, 6.45) is 1.54. The number of sulfonamides is 1. The Labute approximate surface area is 200 Å². The fourth-order valence-electron chi connectivity index (χ4n) is 3.55. The van der Waals surface area contributed by atoms with Gasteiger partial charge in [0.2, 0.25) is 0 Å². The van der Waals surface area contributed by atoms with Crippen LogP contribution in [0.25, 0.3) is 0 Å². The van der Waals surface area contributed by atoms with Gasteiger partial charge in [-0.3, -0.25) is 0 Å². The average Bonchev–Trinajstić information content (AvgIpc) is 3.13. The Balaban J connectivity index is 2.22. The first kappa shape index (κ1) is 24.0. The number of hydrazine groups is 1. The maximum atomic E-state index is 14.0. The van der Waals surface area contributed by atoms with Crippen LogP contribution in [0.4, 0.5) is 11.4 Å². The highest BCUT2D eigenvalue weighted by Crippen LogP contribution is 2.42. The lowest BCUT2D eigenvalue weighted by Gasteiger charge is -2.37. The molecule has 1 saturated heterocycles. The predicted molar refractivity (Wildman–Crippen MR) is 129 cm³/mol. The Bertz CT molecular complexity index is 1090. The van der Waals surface area contributed by atoms with Crippen LogP contribution in [-0.2, 0) is 14.8 Å². The van der Waals surface area contributed by atoms with E-state index in [0.717, 1.165) is 12.8 Å². The number of nitrogens with zero attached hydrogens (tertiary/aromatic N) is 2. The van der Waals surface area contributed by atoms with Gasteiger partial charge in [-0.1, -0.05) is 23.7 Å². The van der Waals surface area contributed by atoms with Gasteiger partial charge in [0.1, 0.15) is 0 Å². The van der Waals surface area contributed by atoms with Crippen LogP contribution >= 0.6 is 39.7 Å². The van der Waals surface area contributed by atoms with Crippen LogP contribution < -0.4 is 15.5 Å². The van der Waals surface area contributed by atoms with Crippen molar-refractivity contribution >= 4 is 66.3 Å². The van der Waals surface area contributed by atoms with Crippen molar-refractivity contribution in [1.29, 1.82) is 0 Å². The lowest BCUT2D eigenvalue weighted by Crippen LogP contribution is -2.50. The van der Waals surface area contributed by atoms with E-state index in [1.807, 2.05) is 0 Å². The zero-order valence-electron chi connectivity index (χ0n) is 16.6. The number of benzene rings is 2. The number of aromatic hydroxyl groups is 1. The van der Waals surface area contributed by atoms with Crippen molar-refractivity contribution in [2.75, 3.05) is 30.0 Å². The highest BCUT2D eigenvalue weighted by Gasteiger charge is 2.40. The number of halogens is 2. The fourth-order valence-corrected chi connectivity index (χ4v) is 6.42. The van der Waals surface area contributed by atoms with Crippen molar-refractivity contribution < 1.29 is 18.3 Å². The molecule has 168 valence electrons. The Kier molecular flexibility index (Phi) is 7.66. The molecule has 2 aromatic carbocycles. The summed E-state index contributed by atoms with van der Waals surface area (Å²) >= 11 is 14.6. The van der Waals surface area contributed by atoms with E-state index in [1.54, 1.807) is 36.4 Å². The number of phenols is 1. The number of para-hydroxylation sites is 1. The van der Waals surface area contributed by atoms with Gasteiger partial charge in [-0.2, -0.15) is 12.8 Å². The number of nitrogens with two attached hydrogens (primary N) is 1. The second-order valence-electron chi connectivity index (χ2n) is 6.88. The van der Waals surface area contributed by atoms with Gasteiger partial charge in [-0.15, -0.1) is 0 Å². The molecular weight excluding hydrogens is 528 g/mol. The molecule has 0 aliphatic carbocycles. The summed E-state index contributed by atoms with van der Waals surface area (Å²) < 4.78 is 35.0. The van der Waals surface area contributed by atoms with Crippen LogP contribution in [0.3, 0.4) is 0 Å². The highest BCUT2D eigenvalue weighted by molar-refractivity contribution is 9.10.